The van der Waals surface area contributed by atoms with Gasteiger partial charge in [-0.25, -0.2) is 4.98 Å². The van der Waals surface area contributed by atoms with E-state index in [9.17, 15) is 9.59 Å². The molecule has 6 heteroatoms. The van der Waals surface area contributed by atoms with Gasteiger partial charge in [-0.2, -0.15) is 0 Å². The predicted octanol–water partition coefficient (Wildman–Crippen LogP) is 1.73. The highest BCUT2D eigenvalue weighted by Gasteiger charge is 2.29. The third kappa shape index (κ3) is 3.47. The Bertz CT molecular complexity index is 625. The van der Waals surface area contributed by atoms with E-state index in [0.717, 1.165) is 43.7 Å². The van der Waals surface area contributed by atoms with Crippen molar-refractivity contribution in [3.63, 3.8) is 0 Å². The third-order valence-corrected chi connectivity index (χ3v) is 5.07. The molecule has 1 aliphatic carbocycles. The van der Waals surface area contributed by atoms with Crippen molar-refractivity contribution in [2.75, 3.05) is 13.1 Å². The van der Waals surface area contributed by atoms with E-state index in [0.29, 0.717) is 19.6 Å². The molecule has 132 valence electrons. The van der Waals surface area contributed by atoms with Gasteiger partial charge in [0.2, 0.25) is 11.8 Å². The smallest absolute Gasteiger partial charge is 0.228 e. The lowest BCUT2D eigenvalue weighted by atomic mass is 9.85. The summed E-state index contributed by atoms with van der Waals surface area (Å²) in [6.07, 6.45) is 5.81. The van der Waals surface area contributed by atoms with Gasteiger partial charge in [0, 0.05) is 37.4 Å². The van der Waals surface area contributed by atoms with E-state index in [1.807, 2.05) is 31.9 Å². The van der Waals surface area contributed by atoms with Crippen molar-refractivity contribution in [2.45, 2.75) is 59.5 Å². The molecule has 0 saturated heterocycles. The third-order valence-electron chi connectivity index (χ3n) is 5.07. The van der Waals surface area contributed by atoms with Crippen LogP contribution in [0, 0.1) is 11.3 Å². The molecule has 0 bridgehead atoms. The molecular formula is C18H28N4O2. The molecule has 1 N–H and O–H groups in total. The second-order valence-corrected chi connectivity index (χ2v) is 7.96. The summed E-state index contributed by atoms with van der Waals surface area (Å²) >= 11 is 0. The Hall–Kier alpha value is -1.85. The Morgan fingerprint density at radius 3 is 2.62 bits per heavy atom. The second kappa shape index (κ2) is 6.57. The number of rotatable bonds is 3. The molecule has 0 spiro atoms. The van der Waals surface area contributed by atoms with Gasteiger partial charge in [-0.05, 0) is 12.8 Å². The van der Waals surface area contributed by atoms with Gasteiger partial charge in [0.25, 0.3) is 0 Å². The van der Waals surface area contributed by atoms with E-state index in [1.165, 1.54) is 0 Å². The molecule has 3 rings (SSSR count). The van der Waals surface area contributed by atoms with Crippen LogP contribution in [0.3, 0.4) is 0 Å². The molecule has 24 heavy (non-hydrogen) atoms. The predicted molar refractivity (Wildman–Crippen MR) is 91.2 cm³/mol. The molecule has 2 heterocycles. The maximum atomic E-state index is 12.5. The van der Waals surface area contributed by atoms with Crippen LogP contribution >= 0.6 is 0 Å². The van der Waals surface area contributed by atoms with E-state index in [-0.39, 0.29) is 23.1 Å². The van der Waals surface area contributed by atoms with Crippen molar-refractivity contribution in [3.05, 3.63) is 17.7 Å². The zero-order chi connectivity index (χ0) is 17.3. The molecule has 1 aromatic rings. The standard InChI is InChI=1S/C18H28N4O2/c1-18(2,3)17(24)21-8-7-15-19-11-14(22(15)10-9-21)12-20-16(23)13-5-4-6-13/h11,13H,4-10,12H2,1-3H3,(H,20,23). The average molecular weight is 332 g/mol. The molecule has 1 aromatic heterocycles. The van der Waals surface area contributed by atoms with E-state index >= 15 is 0 Å². The van der Waals surface area contributed by atoms with Crippen molar-refractivity contribution in [1.82, 2.24) is 19.8 Å². The normalized spacial score (nSPS) is 18.5. The largest absolute Gasteiger partial charge is 0.350 e. The fourth-order valence-electron chi connectivity index (χ4n) is 3.30. The molecule has 6 nitrogen and oxygen atoms in total. The highest BCUT2D eigenvalue weighted by Crippen LogP contribution is 2.26. The second-order valence-electron chi connectivity index (χ2n) is 7.96. The zero-order valence-electron chi connectivity index (χ0n) is 15.0. The first-order valence-corrected chi connectivity index (χ1v) is 8.96. The van der Waals surface area contributed by atoms with Gasteiger partial charge < -0.3 is 14.8 Å². The lowest BCUT2D eigenvalue weighted by Gasteiger charge is -2.28. The van der Waals surface area contributed by atoms with Gasteiger partial charge >= 0.3 is 0 Å². The minimum Gasteiger partial charge on any atom is -0.350 e. The summed E-state index contributed by atoms with van der Waals surface area (Å²) in [6, 6.07) is 0. The molecule has 0 aromatic carbocycles. The number of carbonyl (C=O) groups is 2. The Balaban J connectivity index is 1.62. The van der Waals surface area contributed by atoms with E-state index in [4.69, 9.17) is 0 Å². The summed E-state index contributed by atoms with van der Waals surface area (Å²) < 4.78 is 2.16. The number of nitrogens with zero attached hydrogens (tertiary/aromatic N) is 3. The lowest BCUT2D eigenvalue weighted by Crippen LogP contribution is -2.41. The van der Waals surface area contributed by atoms with Crippen LogP contribution in [-0.4, -0.2) is 39.4 Å². The highest BCUT2D eigenvalue weighted by atomic mass is 16.2. The molecular weight excluding hydrogens is 304 g/mol. The van der Waals surface area contributed by atoms with Crippen molar-refractivity contribution in [2.24, 2.45) is 11.3 Å². The van der Waals surface area contributed by atoms with Crippen LogP contribution in [0.5, 0.6) is 0 Å². The number of imidazole rings is 1. The number of amides is 2. The van der Waals surface area contributed by atoms with Gasteiger partial charge in [-0.15, -0.1) is 0 Å². The summed E-state index contributed by atoms with van der Waals surface area (Å²) in [6.45, 7) is 8.55. The Morgan fingerprint density at radius 2 is 2.00 bits per heavy atom. The fourth-order valence-corrected chi connectivity index (χ4v) is 3.30. The maximum absolute atomic E-state index is 12.5. The first-order valence-electron chi connectivity index (χ1n) is 8.96. The van der Waals surface area contributed by atoms with Gasteiger partial charge in [0.05, 0.1) is 18.4 Å². The maximum Gasteiger partial charge on any atom is 0.228 e. The molecule has 1 fully saturated rings. The Labute approximate surface area is 143 Å². The summed E-state index contributed by atoms with van der Waals surface area (Å²) in [4.78, 5) is 31.0. The minimum absolute atomic E-state index is 0.162. The number of hydrogen-bond acceptors (Lipinski definition) is 3. The minimum atomic E-state index is -0.355. The van der Waals surface area contributed by atoms with Crippen LogP contribution in [0.25, 0.3) is 0 Å². The van der Waals surface area contributed by atoms with Crippen LogP contribution in [0.2, 0.25) is 0 Å². The quantitative estimate of drug-likeness (QED) is 0.916. The SMILES string of the molecule is CC(C)(C)C(=O)N1CCc2ncc(CNC(=O)C3CCC3)n2CC1. The number of carbonyl (C=O) groups excluding carboxylic acids is 2. The van der Waals surface area contributed by atoms with E-state index in [2.05, 4.69) is 14.9 Å². The monoisotopic (exact) mass is 332 g/mol. The number of aromatic nitrogens is 2. The Morgan fingerprint density at radius 1 is 1.25 bits per heavy atom. The van der Waals surface area contributed by atoms with Crippen LogP contribution in [0.15, 0.2) is 6.20 Å². The Kier molecular flexibility index (Phi) is 4.65. The molecule has 1 saturated carbocycles. The number of hydrogen-bond donors (Lipinski definition) is 1. The lowest BCUT2D eigenvalue weighted by molar-refractivity contribution is -0.139. The molecule has 2 amide bonds. The highest BCUT2D eigenvalue weighted by molar-refractivity contribution is 5.81. The zero-order valence-corrected chi connectivity index (χ0v) is 15.0. The summed E-state index contributed by atoms with van der Waals surface area (Å²) in [5.41, 5.74) is 0.675. The molecule has 2 aliphatic rings. The summed E-state index contributed by atoms with van der Waals surface area (Å²) in [7, 11) is 0. The van der Waals surface area contributed by atoms with Crippen LogP contribution in [-0.2, 0) is 29.1 Å². The van der Waals surface area contributed by atoms with Gasteiger partial charge in [-0.1, -0.05) is 27.2 Å². The summed E-state index contributed by atoms with van der Waals surface area (Å²) in [5, 5.41) is 3.04. The number of fused-ring (bicyclic) bond motifs is 1. The average Bonchev–Trinajstić information content (AvgIpc) is 2.72. The van der Waals surface area contributed by atoms with Gasteiger partial charge in [-0.3, -0.25) is 9.59 Å². The number of nitrogens with one attached hydrogen (secondary N) is 1. The van der Waals surface area contributed by atoms with Gasteiger partial charge in [0.15, 0.2) is 0 Å². The van der Waals surface area contributed by atoms with Crippen molar-refractivity contribution in [3.8, 4) is 0 Å². The van der Waals surface area contributed by atoms with Crippen LogP contribution in [0.1, 0.15) is 51.6 Å². The van der Waals surface area contributed by atoms with Crippen molar-refractivity contribution in [1.29, 1.82) is 0 Å². The van der Waals surface area contributed by atoms with Gasteiger partial charge in [0.1, 0.15) is 5.82 Å². The van der Waals surface area contributed by atoms with Crippen LogP contribution in [0.4, 0.5) is 0 Å². The fraction of sp³-hybridized carbons (Fsp3) is 0.722. The first-order chi connectivity index (χ1) is 11.4. The van der Waals surface area contributed by atoms with Crippen molar-refractivity contribution >= 4 is 11.8 Å². The van der Waals surface area contributed by atoms with E-state index < -0.39 is 0 Å². The van der Waals surface area contributed by atoms with E-state index in [1.54, 1.807) is 0 Å². The topological polar surface area (TPSA) is 67.2 Å². The molecule has 0 unspecified atom stereocenters. The molecule has 0 radical (unpaired) electrons. The van der Waals surface area contributed by atoms with Crippen LogP contribution < -0.4 is 5.32 Å². The summed E-state index contributed by atoms with van der Waals surface area (Å²) in [5.74, 6) is 1.56. The molecule has 0 atom stereocenters. The first kappa shape index (κ1) is 17.0. The molecule has 1 aliphatic heterocycles. The van der Waals surface area contributed by atoms with Crippen molar-refractivity contribution < 1.29 is 9.59 Å².